The SMILES string of the molecule is COc1ccc(C(C(=O)O)n2cnc(NC(=O)[C@@H](CCCc3ccccc3)NC(=O)C(C)(C)NC(=O)OC(C)(C)C)c2)cc1. The lowest BCUT2D eigenvalue weighted by atomic mass is 10.0. The maximum atomic E-state index is 13.5. The van der Waals surface area contributed by atoms with E-state index in [1.165, 1.54) is 38.0 Å². The molecule has 0 fully saturated rings. The molecule has 3 aromatic rings. The highest BCUT2D eigenvalue weighted by atomic mass is 16.6. The molecular formula is C32H41N5O7. The maximum Gasteiger partial charge on any atom is 0.408 e. The van der Waals surface area contributed by atoms with E-state index in [9.17, 15) is 24.3 Å². The molecule has 0 bridgehead atoms. The number of nitrogens with one attached hydrogen (secondary N) is 3. The van der Waals surface area contributed by atoms with Gasteiger partial charge in [0.05, 0.1) is 13.4 Å². The van der Waals surface area contributed by atoms with Crippen LogP contribution >= 0.6 is 0 Å². The van der Waals surface area contributed by atoms with Crippen LogP contribution in [-0.2, 0) is 25.5 Å². The van der Waals surface area contributed by atoms with Crippen LogP contribution in [0.3, 0.4) is 0 Å². The van der Waals surface area contributed by atoms with Gasteiger partial charge < -0.3 is 35.1 Å². The first-order valence-corrected chi connectivity index (χ1v) is 14.3. The quantitative estimate of drug-likeness (QED) is 0.224. The molecule has 1 unspecified atom stereocenters. The molecule has 2 atom stereocenters. The number of methoxy groups -OCH3 is 1. The standard InChI is InChI=1S/C32H41N5O7/c1-31(2,3)44-30(42)36-32(4,5)29(41)34-24(14-10-13-21-11-8-7-9-12-21)27(38)35-25-19-37(20-33-25)26(28(39)40)22-15-17-23(43-6)18-16-22/h7-9,11-12,15-20,24,26H,10,13-14H2,1-6H3,(H,34,41)(H,35,38)(H,36,42)(H,39,40)/t24-,26?/m1/s1. The molecule has 0 aliphatic rings. The minimum atomic E-state index is -1.39. The van der Waals surface area contributed by atoms with Crippen molar-refractivity contribution in [3.63, 3.8) is 0 Å². The third-order valence-corrected chi connectivity index (χ3v) is 6.62. The highest BCUT2D eigenvalue weighted by molar-refractivity contribution is 5.98. The molecule has 0 aliphatic heterocycles. The van der Waals surface area contributed by atoms with Gasteiger partial charge in [-0.2, -0.15) is 0 Å². The molecule has 0 aliphatic carbocycles. The first-order chi connectivity index (χ1) is 20.7. The number of carboxylic acid groups (broad SMARTS) is 1. The maximum absolute atomic E-state index is 13.5. The molecule has 3 amide bonds. The van der Waals surface area contributed by atoms with E-state index in [2.05, 4.69) is 20.9 Å². The first-order valence-electron chi connectivity index (χ1n) is 14.3. The second-order valence-electron chi connectivity index (χ2n) is 11.9. The summed E-state index contributed by atoms with van der Waals surface area (Å²) < 4.78 is 11.8. The Bertz CT molecular complexity index is 1430. The fourth-order valence-corrected chi connectivity index (χ4v) is 4.36. The van der Waals surface area contributed by atoms with Crippen molar-refractivity contribution in [2.75, 3.05) is 12.4 Å². The zero-order chi connectivity index (χ0) is 32.5. The number of hydrogen-bond donors (Lipinski definition) is 4. The molecule has 1 heterocycles. The summed E-state index contributed by atoms with van der Waals surface area (Å²) in [5.74, 6) is -1.54. The number of benzene rings is 2. The lowest BCUT2D eigenvalue weighted by molar-refractivity contribution is -0.139. The molecule has 2 aromatic carbocycles. The van der Waals surface area contributed by atoms with Gasteiger partial charge in [-0.1, -0.05) is 42.5 Å². The van der Waals surface area contributed by atoms with Crippen molar-refractivity contribution in [1.82, 2.24) is 20.2 Å². The molecule has 0 saturated heterocycles. The monoisotopic (exact) mass is 607 g/mol. The van der Waals surface area contributed by atoms with Crippen LogP contribution in [0.5, 0.6) is 5.75 Å². The third-order valence-electron chi connectivity index (χ3n) is 6.62. The number of aryl methyl sites for hydroxylation is 1. The average molecular weight is 608 g/mol. The number of aromatic nitrogens is 2. The molecule has 0 radical (unpaired) electrons. The van der Waals surface area contributed by atoms with Crippen molar-refractivity contribution < 1.29 is 33.8 Å². The fraction of sp³-hybridized carbons (Fsp3) is 0.406. The van der Waals surface area contributed by atoms with Crippen LogP contribution in [-0.4, -0.2) is 62.8 Å². The van der Waals surface area contributed by atoms with E-state index in [0.29, 0.717) is 30.6 Å². The number of amides is 3. The summed E-state index contributed by atoms with van der Waals surface area (Å²) in [5.41, 5.74) is -0.580. The Balaban J connectivity index is 1.76. The van der Waals surface area contributed by atoms with E-state index in [1.54, 1.807) is 45.0 Å². The van der Waals surface area contributed by atoms with Crippen molar-refractivity contribution in [1.29, 1.82) is 0 Å². The molecule has 44 heavy (non-hydrogen) atoms. The van der Waals surface area contributed by atoms with Gasteiger partial charge in [0.15, 0.2) is 11.9 Å². The molecule has 3 rings (SSSR count). The Morgan fingerprint density at radius 3 is 2.23 bits per heavy atom. The van der Waals surface area contributed by atoms with Crippen LogP contribution in [0.2, 0.25) is 0 Å². The van der Waals surface area contributed by atoms with Crippen LogP contribution in [0.4, 0.5) is 10.6 Å². The number of carbonyl (C=O) groups is 4. The van der Waals surface area contributed by atoms with E-state index >= 15 is 0 Å². The van der Waals surface area contributed by atoms with Gasteiger partial charge in [0, 0.05) is 6.20 Å². The number of hydrogen-bond acceptors (Lipinski definition) is 7. The van der Waals surface area contributed by atoms with Gasteiger partial charge in [-0.15, -0.1) is 0 Å². The summed E-state index contributed by atoms with van der Waals surface area (Å²) in [7, 11) is 1.52. The van der Waals surface area contributed by atoms with Gasteiger partial charge in [0.1, 0.15) is 22.9 Å². The van der Waals surface area contributed by atoms with Gasteiger partial charge >= 0.3 is 12.1 Å². The van der Waals surface area contributed by atoms with E-state index in [0.717, 1.165) is 5.56 Å². The first kappa shape index (κ1) is 33.6. The number of aliphatic carboxylic acids is 1. The van der Waals surface area contributed by atoms with Crippen LogP contribution in [0.15, 0.2) is 67.1 Å². The highest BCUT2D eigenvalue weighted by Crippen LogP contribution is 2.23. The predicted molar refractivity (Wildman–Crippen MR) is 164 cm³/mol. The number of imidazole rings is 1. The summed E-state index contributed by atoms with van der Waals surface area (Å²) in [6.07, 6.45) is 3.51. The topological polar surface area (TPSA) is 161 Å². The molecule has 4 N–H and O–H groups in total. The summed E-state index contributed by atoms with van der Waals surface area (Å²) in [6.45, 7) is 8.16. The Labute approximate surface area is 257 Å². The zero-order valence-corrected chi connectivity index (χ0v) is 25.9. The number of alkyl carbamates (subject to hydrolysis) is 1. The number of carbonyl (C=O) groups excluding carboxylic acids is 3. The summed E-state index contributed by atoms with van der Waals surface area (Å²) in [6, 6.07) is 14.3. The van der Waals surface area contributed by atoms with Crippen molar-refractivity contribution in [3.8, 4) is 5.75 Å². The summed E-state index contributed by atoms with van der Waals surface area (Å²) >= 11 is 0. The van der Waals surface area contributed by atoms with Crippen molar-refractivity contribution in [3.05, 3.63) is 78.2 Å². The largest absolute Gasteiger partial charge is 0.497 e. The number of carboxylic acids is 1. The zero-order valence-electron chi connectivity index (χ0n) is 25.9. The average Bonchev–Trinajstić information content (AvgIpc) is 3.39. The highest BCUT2D eigenvalue weighted by Gasteiger charge is 2.34. The van der Waals surface area contributed by atoms with E-state index in [1.807, 2.05) is 30.3 Å². The molecule has 12 nitrogen and oxygen atoms in total. The van der Waals surface area contributed by atoms with Gasteiger partial charge in [-0.3, -0.25) is 9.59 Å². The number of rotatable bonds is 13. The van der Waals surface area contributed by atoms with Crippen molar-refractivity contribution >= 4 is 29.7 Å². The fourth-order valence-electron chi connectivity index (χ4n) is 4.36. The van der Waals surface area contributed by atoms with Gasteiger partial charge in [0.25, 0.3) is 0 Å². The second kappa shape index (κ2) is 14.5. The van der Waals surface area contributed by atoms with Crippen molar-refractivity contribution in [2.45, 2.75) is 77.1 Å². The lowest BCUT2D eigenvalue weighted by Crippen LogP contribution is -2.58. The molecule has 236 valence electrons. The molecular weight excluding hydrogens is 566 g/mol. The van der Waals surface area contributed by atoms with E-state index in [-0.39, 0.29) is 5.82 Å². The molecule has 0 spiro atoms. The van der Waals surface area contributed by atoms with Crippen LogP contribution in [0.25, 0.3) is 0 Å². The summed E-state index contributed by atoms with van der Waals surface area (Å²) in [5, 5.41) is 17.9. The van der Waals surface area contributed by atoms with Gasteiger partial charge in [-0.25, -0.2) is 14.6 Å². The van der Waals surface area contributed by atoms with Crippen LogP contribution in [0, 0.1) is 0 Å². The van der Waals surface area contributed by atoms with Crippen LogP contribution < -0.4 is 20.7 Å². The number of ether oxygens (including phenoxy) is 2. The molecule has 12 heteroatoms. The molecule has 0 saturated carbocycles. The summed E-state index contributed by atoms with van der Waals surface area (Å²) in [4.78, 5) is 55.4. The minimum Gasteiger partial charge on any atom is -0.497 e. The van der Waals surface area contributed by atoms with Crippen molar-refractivity contribution in [2.24, 2.45) is 0 Å². The Hall–Kier alpha value is -4.87. The van der Waals surface area contributed by atoms with E-state index in [4.69, 9.17) is 9.47 Å². The smallest absolute Gasteiger partial charge is 0.408 e. The Morgan fingerprint density at radius 1 is 0.977 bits per heavy atom. The van der Waals surface area contributed by atoms with Crippen LogP contribution in [0.1, 0.15) is 64.6 Å². The lowest BCUT2D eigenvalue weighted by Gasteiger charge is -2.29. The Kier molecular flexibility index (Phi) is 11.1. The van der Waals surface area contributed by atoms with E-state index < -0.39 is 47.1 Å². The van der Waals surface area contributed by atoms with Gasteiger partial charge in [-0.05, 0) is 77.1 Å². The Morgan fingerprint density at radius 2 is 1.64 bits per heavy atom. The third kappa shape index (κ3) is 9.85. The normalized spacial score (nSPS) is 12.9. The van der Waals surface area contributed by atoms with Gasteiger partial charge in [0.2, 0.25) is 11.8 Å². The molecule has 1 aromatic heterocycles. The number of anilines is 1. The second-order valence-corrected chi connectivity index (χ2v) is 11.9. The minimum absolute atomic E-state index is 0.114. The predicted octanol–water partition coefficient (Wildman–Crippen LogP) is 4.32. The number of nitrogens with zero attached hydrogens (tertiary/aromatic N) is 2.